The molecule has 5 rings (SSSR count). The molecule has 0 radical (unpaired) electrons. The van der Waals surface area contributed by atoms with Gasteiger partial charge in [0, 0.05) is 30.1 Å². The van der Waals surface area contributed by atoms with Crippen LogP contribution >= 0.6 is 11.6 Å². The van der Waals surface area contributed by atoms with E-state index in [1.54, 1.807) is 27.5 Å². The summed E-state index contributed by atoms with van der Waals surface area (Å²) in [6.07, 6.45) is -2.48. The van der Waals surface area contributed by atoms with Crippen molar-refractivity contribution in [2.24, 2.45) is 0 Å². The van der Waals surface area contributed by atoms with Crippen molar-refractivity contribution in [2.75, 3.05) is 6.54 Å². The summed E-state index contributed by atoms with van der Waals surface area (Å²) in [5, 5.41) is 14.3. The molecule has 2 aromatic heterocycles. The zero-order valence-corrected chi connectivity index (χ0v) is 22.0. The van der Waals surface area contributed by atoms with E-state index in [-0.39, 0.29) is 53.3 Å². The third-order valence-corrected chi connectivity index (χ3v) is 7.56. The van der Waals surface area contributed by atoms with Crippen molar-refractivity contribution in [3.05, 3.63) is 75.1 Å². The molecule has 0 spiro atoms. The molecule has 39 heavy (non-hydrogen) atoms. The van der Waals surface area contributed by atoms with E-state index in [1.807, 2.05) is 19.9 Å². The van der Waals surface area contributed by atoms with Crippen LogP contribution in [0.4, 0.5) is 13.2 Å². The minimum absolute atomic E-state index is 0.135. The van der Waals surface area contributed by atoms with E-state index in [9.17, 15) is 28.0 Å². The number of halogens is 4. The summed E-state index contributed by atoms with van der Waals surface area (Å²) in [6.45, 7) is 5.89. The first-order valence-electron chi connectivity index (χ1n) is 12.2. The number of nitrogens with zero attached hydrogens (tertiary/aromatic N) is 7. The Morgan fingerprint density at radius 1 is 1.21 bits per heavy atom. The minimum atomic E-state index is -4.61. The standard InChI is InChI=1S/C26H23ClF3N7O2/c1-13-6-20-18(12-35(13)24(38)16-4-5-19(27)17(7-16)8-31)23-25(39)36(11-14(2)37(23)34-20)15(3)21-9-33-22(10-32-21)26(28,29)30/h4-5,7,9-10,13-15H,6,11-12H2,1-3H3/t13-,14-,15?/m1/s1. The molecule has 9 nitrogen and oxygen atoms in total. The molecule has 3 aromatic rings. The molecule has 0 saturated carbocycles. The fourth-order valence-electron chi connectivity index (χ4n) is 5.06. The molecule has 2 amide bonds. The average Bonchev–Trinajstić information content (AvgIpc) is 3.28. The Balaban J connectivity index is 1.45. The number of hydrogen-bond acceptors (Lipinski definition) is 6. The van der Waals surface area contributed by atoms with Gasteiger partial charge in [-0.25, -0.2) is 4.98 Å². The maximum atomic E-state index is 13.8. The SMILES string of the molecule is CC(c1cnc(C(F)(F)F)cn1)N1C[C@@H](C)n2nc3c(c2C1=O)CN(C(=O)c1ccc(Cl)c(C#N)c1)[C@H](C)C3. The Morgan fingerprint density at radius 2 is 1.95 bits per heavy atom. The summed E-state index contributed by atoms with van der Waals surface area (Å²) >= 11 is 6.03. The van der Waals surface area contributed by atoms with E-state index < -0.39 is 17.9 Å². The normalized spacial score (nSPS) is 19.8. The summed E-state index contributed by atoms with van der Waals surface area (Å²) in [5.41, 5.74) is 1.31. The monoisotopic (exact) mass is 557 g/mol. The van der Waals surface area contributed by atoms with Gasteiger partial charge in [-0.1, -0.05) is 11.6 Å². The molecular weight excluding hydrogens is 535 g/mol. The molecule has 4 heterocycles. The largest absolute Gasteiger partial charge is 0.434 e. The molecule has 0 fully saturated rings. The highest BCUT2D eigenvalue weighted by atomic mass is 35.5. The number of amides is 2. The molecule has 13 heteroatoms. The Kier molecular flexibility index (Phi) is 6.58. The lowest BCUT2D eigenvalue weighted by atomic mass is 9.96. The van der Waals surface area contributed by atoms with Gasteiger partial charge in [-0.05, 0) is 39.0 Å². The molecule has 202 valence electrons. The van der Waals surface area contributed by atoms with Crippen molar-refractivity contribution in [1.82, 2.24) is 29.5 Å². The first-order valence-corrected chi connectivity index (χ1v) is 12.6. The smallest absolute Gasteiger partial charge is 0.331 e. The van der Waals surface area contributed by atoms with Gasteiger partial charge in [0.15, 0.2) is 5.69 Å². The summed E-state index contributed by atoms with van der Waals surface area (Å²) < 4.78 is 40.5. The molecule has 0 aliphatic carbocycles. The lowest BCUT2D eigenvalue weighted by molar-refractivity contribution is -0.141. The fraction of sp³-hybridized carbons (Fsp3) is 0.385. The van der Waals surface area contributed by atoms with Crippen molar-refractivity contribution >= 4 is 23.4 Å². The van der Waals surface area contributed by atoms with Crippen LogP contribution < -0.4 is 0 Å². The zero-order chi connectivity index (χ0) is 28.2. The summed E-state index contributed by atoms with van der Waals surface area (Å²) in [6, 6.07) is 5.40. The van der Waals surface area contributed by atoms with Crippen molar-refractivity contribution in [3.8, 4) is 6.07 Å². The van der Waals surface area contributed by atoms with Gasteiger partial charge in [0.2, 0.25) is 0 Å². The number of nitriles is 1. The van der Waals surface area contributed by atoms with Crippen LogP contribution in [0.15, 0.2) is 30.6 Å². The quantitative estimate of drug-likeness (QED) is 0.466. The Hall–Kier alpha value is -3.98. The maximum absolute atomic E-state index is 13.8. The highest BCUT2D eigenvalue weighted by Crippen LogP contribution is 2.35. The first-order chi connectivity index (χ1) is 18.4. The highest BCUT2D eigenvalue weighted by Gasteiger charge is 2.41. The molecule has 2 aliphatic heterocycles. The van der Waals surface area contributed by atoms with Gasteiger partial charge in [-0.3, -0.25) is 19.3 Å². The molecular formula is C26H23ClF3N7O2. The number of benzene rings is 1. The number of hydrogen-bond donors (Lipinski definition) is 0. The molecule has 2 aliphatic rings. The van der Waals surface area contributed by atoms with Gasteiger partial charge in [0.1, 0.15) is 11.8 Å². The van der Waals surface area contributed by atoms with Crippen molar-refractivity contribution in [2.45, 2.75) is 58.0 Å². The second kappa shape index (κ2) is 9.64. The topological polar surface area (TPSA) is 108 Å². The zero-order valence-electron chi connectivity index (χ0n) is 21.2. The summed E-state index contributed by atoms with van der Waals surface area (Å²) in [4.78, 5) is 37.8. The van der Waals surface area contributed by atoms with Crippen LogP contribution in [0.1, 0.15) is 81.9 Å². The predicted octanol–water partition coefficient (Wildman–Crippen LogP) is 4.58. The lowest BCUT2D eigenvalue weighted by Crippen LogP contribution is -2.45. The van der Waals surface area contributed by atoms with Crippen molar-refractivity contribution in [3.63, 3.8) is 0 Å². The maximum Gasteiger partial charge on any atom is 0.434 e. The third kappa shape index (κ3) is 4.61. The van der Waals surface area contributed by atoms with Crippen LogP contribution in [0.25, 0.3) is 0 Å². The van der Waals surface area contributed by atoms with Crippen LogP contribution in [0, 0.1) is 11.3 Å². The van der Waals surface area contributed by atoms with Crippen molar-refractivity contribution < 1.29 is 22.8 Å². The fourth-order valence-corrected chi connectivity index (χ4v) is 5.22. The van der Waals surface area contributed by atoms with Crippen LogP contribution in [-0.4, -0.2) is 53.9 Å². The Bertz CT molecular complexity index is 1510. The van der Waals surface area contributed by atoms with E-state index in [2.05, 4.69) is 9.97 Å². The first kappa shape index (κ1) is 26.6. The second-order valence-electron chi connectivity index (χ2n) is 9.82. The Labute approximate surface area is 226 Å². The summed E-state index contributed by atoms with van der Waals surface area (Å²) in [5.74, 6) is -0.654. The molecule has 3 atom stereocenters. The molecule has 0 saturated heterocycles. The molecule has 1 aromatic carbocycles. The van der Waals surface area contributed by atoms with Gasteiger partial charge in [-0.15, -0.1) is 0 Å². The van der Waals surface area contributed by atoms with E-state index in [1.165, 1.54) is 12.1 Å². The third-order valence-electron chi connectivity index (χ3n) is 7.24. The number of fused-ring (bicyclic) bond motifs is 3. The predicted molar refractivity (Wildman–Crippen MR) is 133 cm³/mol. The average molecular weight is 558 g/mol. The van der Waals surface area contributed by atoms with Gasteiger partial charge in [0.25, 0.3) is 11.8 Å². The number of aromatic nitrogens is 4. The van der Waals surface area contributed by atoms with Gasteiger partial charge < -0.3 is 9.80 Å². The van der Waals surface area contributed by atoms with Crippen LogP contribution in [0.5, 0.6) is 0 Å². The van der Waals surface area contributed by atoms with Gasteiger partial charge in [-0.2, -0.15) is 23.5 Å². The minimum Gasteiger partial charge on any atom is -0.331 e. The number of rotatable bonds is 3. The lowest BCUT2D eigenvalue weighted by Gasteiger charge is -2.37. The highest BCUT2D eigenvalue weighted by molar-refractivity contribution is 6.31. The van der Waals surface area contributed by atoms with E-state index in [0.717, 1.165) is 11.9 Å². The van der Waals surface area contributed by atoms with Gasteiger partial charge >= 0.3 is 6.18 Å². The van der Waals surface area contributed by atoms with Gasteiger partial charge in [0.05, 0.1) is 53.0 Å². The molecule has 0 N–H and O–H groups in total. The van der Waals surface area contributed by atoms with E-state index >= 15 is 0 Å². The van der Waals surface area contributed by atoms with Crippen molar-refractivity contribution in [1.29, 1.82) is 5.26 Å². The second-order valence-corrected chi connectivity index (χ2v) is 10.2. The van der Waals surface area contributed by atoms with E-state index in [4.69, 9.17) is 16.7 Å². The molecule has 1 unspecified atom stereocenters. The Morgan fingerprint density at radius 3 is 2.59 bits per heavy atom. The van der Waals surface area contributed by atoms with Crippen LogP contribution in [-0.2, 0) is 19.1 Å². The van der Waals surface area contributed by atoms with Crippen LogP contribution in [0.3, 0.4) is 0 Å². The number of alkyl halides is 3. The van der Waals surface area contributed by atoms with E-state index in [0.29, 0.717) is 29.4 Å². The number of carbonyl (C=O) groups excluding carboxylic acids is 2. The summed E-state index contributed by atoms with van der Waals surface area (Å²) in [7, 11) is 0. The van der Waals surface area contributed by atoms with Crippen LogP contribution in [0.2, 0.25) is 5.02 Å². The number of carbonyl (C=O) groups is 2. The molecule has 0 bridgehead atoms.